The maximum absolute atomic E-state index is 13.4. The second kappa shape index (κ2) is 10.8. The lowest BCUT2D eigenvalue weighted by Crippen LogP contribution is -2.44. The number of ether oxygens (including phenoxy) is 1. The van der Waals surface area contributed by atoms with Crippen LogP contribution >= 0.6 is 11.8 Å². The van der Waals surface area contributed by atoms with E-state index < -0.39 is 17.7 Å². The van der Waals surface area contributed by atoms with Crippen LogP contribution in [0, 0.1) is 5.82 Å². The van der Waals surface area contributed by atoms with Crippen LogP contribution in [0.2, 0.25) is 0 Å². The average Bonchev–Trinajstić information content (AvgIpc) is 2.54. The third-order valence-corrected chi connectivity index (χ3v) is 4.26. The summed E-state index contributed by atoms with van der Waals surface area (Å²) < 4.78 is 18.4. The van der Waals surface area contributed by atoms with Crippen LogP contribution < -0.4 is 5.32 Å². The largest absolute Gasteiger partial charge is 0.455 e. The van der Waals surface area contributed by atoms with Crippen molar-refractivity contribution in [1.29, 1.82) is 0 Å². The lowest BCUT2D eigenvalue weighted by atomic mass is 10.2. The van der Waals surface area contributed by atoms with Gasteiger partial charge in [0.05, 0.1) is 17.2 Å². The number of hydrogen-bond acceptors (Lipinski definition) is 5. The first-order chi connectivity index (χ1) is 12.2. The highest BCUT2D eigenvalue weighted by atomic mass is 32.2. The van der Waals surface area contributed by atoms with Crippen LogP contribution in [0.4, 0.5) is 10.1 Å². The molecule has 0 bridgehead atoms. The number of para-hydroxylation sites is 1. The molecular formula is C18H25FN2O4S. The van der Waals surface area contributed by atoms with Crippen molar-refractivity contribution in [3.63, 3.8) is 0 Å². The normalized spacial score (nSPS) is 10.7. The fourth-order valence-corrected chi connectivity index (χ4v) is 3.02. The van der Waals surface area contributed by atoms with Crippen molar-refractivity contribution in [1.82, 2.24) is 4.90 Å². The molecule has 1 aromatic rings. The van der Waals surface area contributed by atoms with Gasteiger partial charge >= 0.3 is 5.97 Å². The van der Waals surface area contributed by atoms with Gasteiger partial charge in [0, 0.05) is 12.1 Å². The summed E-state index contributed by atoms with van der Waals surface area (Å²) in [6.07, 6.45) is 0. The quantitative estimate of drug-likeness (QED) is 0.663. The van der Waals surface area contributed by atoms with Gasteiger partial charge in [0.25, 0.3) is 5.91 Å². The molecule has 1 N–H and O–H groups in total. The van der Waals surface area contributed by atoms with Gasteiger partial charge in [-0.3, -0.25) is 14.4 Å². The van der Waals surface area contributed by atoms with Crippen LogP contribution in [0.3, 0.4) is 0 Å². The van der Waals surface area contributed by atoms with E-state index in [1.54, 1.807) is 11.0 Å². The first-order valence-corrected chi connectivity index (χ1v) is 9.46. The van der Waals surface area contributed by atoms with Crippen molar-refractivity contribution in [2.24, 2.45) is 0 Å². The van der Waals surface area contributed by atoms with E-state index in [4.69, 9.17) is 4.74 Å². The summed E-state index contributed by atoms with van der Waals surface area (Å²) in [5.74, 6) is -1.87. The number of esters is 1. The molecule has 8 heteroatoms. The van der Waals surface area contributed by atoms with Gasteiger partial charge in [-0.1, -0.05) is 12.1 Å². The molecule has 0 heterocycles. The van der Waals surface area contributed by atoms with Gasteiger partial charge in [-0.2, -0.15) is 0 Å². The van der Waals surface area contributed by atoms with Gasteiger partial charge < -0.3 is 15.0 Å². The molecule has 6 nitrogen and oxygen atoms in total. The molecule has 0 aromatic heterocycles. The van der Waals surface area contributed by atoms with Crippen molar-refractivity contribution in [2.75, 3.05) is 23.4 Å². The van der Waals surface area contributed by atoms with Crippen LogP contribution in [-0.4, -0.2) is 52.9 Å². The van der Waals surface area contributed by atoms with E-state index in [1.807, 2.05) is 27.7 Å². The summed E-state index contributed by atoms with van der Waals surface area (Å²) in [4.78, 5) is 37.2. The summed E-state index contributed by atoms with van der Waals surface area (Å²) in [5, 5.41) is 2.43. The van der Waals surface area contributed by atoms with E-state index in [9.17, 15) is 18.8 Å². The zero-order valence-corrected chi connectivity index (χ0v) is 16.3. The van der Waals surface area contributed by atoms with E-state index in [2.05, 4.69) is 5.32 Å². The number of hydrogen-bond donors (Lipinski definition) is 1. The number of anilines is 1. The number of thioether (sulfide) groups is 1. The molecule has 0 spiro atoms. The molecule has 0 saturated heterocycles. The highest BCUT2D eigenvalue weighted by Crippen LogP contribution is 2.13. The summed E-state index contributed by atoms with van der Waals surface area (Å²) in [6, 6.07) is 5.85. The Morgan fingerprint density at radius 2 is 1.73 bits per heavy atom. The van der Waals surface area contributed by atoms with Crippen LogP contribution in [0.1, 0.15) is 27.7 Å². The molecule has 0 fully saturated rings. The first-order valence-electron chi connectivity index (χ1n) is 8.31. The third kappa shape index (κ3) is 7.43. The number of rotatable bonds is 9. The van der Waals surface area contributed by atoms with Crippen molar-refractivity contribution in [3.05, 3.63) is 30.1 Å². The van der Waals surface area contributed by atoms with Crippen LogP contribution in [0.5, 0.6) is 0 Å². The van der Waals surface area contributed by atoms with Crippen LogP contribution in [-0.2, 0) is 19.1 Å². The highest BCUT2D eigenvalue weighted by molar-refractivity contribution is 8.00. The van der Waals surface area contributed by atoms with Crippen molar-refractivity contribution < 1.29 is 23.5 Å². The number of nitrogens with zero attached hydrogens (tertiary/aromatic N) is 1. The molecule has 0 unspecified atom stereocenters. The Morgan fingerprint density at radius 1 is 1.12 bits per heavy atom. The molecule has 26 heavy (non-hydrogen) atoms. The first kappa shape index (κ1) is 22.0. The van der Waals surface area contributed by atoms with Gasteiger partial charge in [-0.15, -0.1) is 11.8 Å². The second-order valence-electron chi connectivity index (χ2n) is 6.17. The highest BCUT2D eigenvalue weighted by Gasteiger charge is 2.21. The number of halogens is 1. The topological polar surface area (TPSA) is 75.7 Å². The summed E-state index contributed by atoms with van der Waals surface area (Å²) in [6.45, 7) is 7.25. The molecule has 0 atom stereocenters. The standard InChI is InChI=1S/C18H25FN2O4S/c1-12(2)21(13(3)4)17(23)9-25-18(24)11-26-10-16(22)20-15-8-6-5-7-14(15)19/h5-8,12-13H,9-11H2,1-4H3,(H,20,22). The predicted molar refractivity (Wildman–Crippen MR) is 100 cm³/mol. The van der Waals surface area contributed by atoms with Crippen molar-refractivity contribution in [2.45, 2.75) is 39.8 Å². The Kier molecular flexibility index (Phi) is 9.12. The SMILES string of the molecule is CC(C)N(C(=O)COC(=O)CSCC(=O)Nc1ccccc1F)C(C)C. The number of carbonyl (C=O) groups excluding carboxylic acids is 3. The maximum atomic E-state index is 13.4. The van der Waals surface area contributed by atoms with Gasteiger partial charge in [0.15, 0.2) is 6.61 Å². The number of nitrogens with one attached hydrogen (secondary N) is 1. The maximum Gasteiger partial charge on any atom is 0.316 e. The summed E-state index contributed by atoms with van der Waals surface area (Å²) >= 11 is 1.03. The van der Waals surface area contributed by atoms with Crippen molar-refractivity contribution >= 4 is 35.2 Å². The fraction of sp³-hybridized carbons (Fsp3) is 0.500. The second-order valence-corrected chi connectivity index (χ2v) is 7.16. The smallest absolute Gasteiger partial charge is 0.316 e. The number of carbonyl (C=O) groups is 3. The van der Waals surface area contributed by atoms with Crippen LogP contribution in [0.25, 0.3) is 0 Å². The number of benzene rings is 1. The Labute approximate surface area is 157 Å². The minimum atomic E-state index is -0.575. The Balaban J connectivity index is 2.31. The molecule has 0 radical (unpaired) electrons. The Bertz CT molecular complexity index is 629. The molecule has 0 aliphatic heterocycles. The van der Waals surface area contributed by atoms with Gasteiger partial charge in [0.1, 0.15) is 5.82 Å². The van der Waals surface area contributed by atoms with E-state index >= 15 is 0 Å². The lowest BCUT2D eigenvalue weighted by molar-refractivity contribution is -0.151. The molecule has 0 aliphatic rings. The monoisotopic (exact) mass is 384 g/mol. The minimum absolute atomic E-state index is 0.0117. The van der Waals surface area contributed by atoms with Gasteiger partial charge in [-0.25, -0.2) is 4.39 Å². The van der Waals surface area contributed by atoms with E-state index in [0.29, 0.717) is 0 Å². The zero-order valence-electron chi connectivity index (χ0n) is 15.5. The fourth-order valence-electron chi connectivity index (χ4n) is 2.41. The van der Waals surface area contributed by atoms with Crippen LogP contribution in [0.15, 0.2) is 24.3 Å². The van der Waals surface area contributed by atoms with E-state index in [1.165, 1.54) is 18.2 Å². The third-order valence-electron chi connectivity index (χ3n) is 3.36. The average molecular weight is 384 g/mol. The number of amides is 2. The Hall–Kier alpha value is -2.09. The molecule has 0 saturated carbocycles. The summed E-state index contributed by atoms with van der Waals surface area (Å²) in [5.41, 5.74) is 0.0914. The molecule has 2 amide bonds. The van der Waals surface area contributed by atoms with Gasteiger partial charge in [-0.05, 0) is 39.8 Å². The van der Waals surface area contributed by atoms with Gasteiger partial charge in [0.2, 0.25) is 5.91 Å². The lowest BCUT2D eigenvalue weighted by Gasteiger charge is -2.30. The molecule has 0 aliphatic carbocycles. The van der Waals surface area contributed by atoms with E-state index in [-0.39, 0.29) is 41.8 Å². The summed E-state index contributed by atoms with van der Waals surface area (Å²) in [7, 11) is 0. The molecule has 1 rings (SSSR count). The molecule has 1 aromatic carbocycles. The molecular weight excluding hydrogens is 359 g/mol. The Morgan fingerprint density at radius 3 is 2.31 bits per heavy atom. The molecule has 144 valence electrons. The van der Waals surface area contributed by atoms with E-state index in [0.717, 1.165) is 11.8 Å². The predicted octanol–water partition coefficient (Wildman–Crippen LogP) is 2.69. The zero-order chi connectivity index (χ0) is 19.7. The van der Waals surface area contributed by atoms with Crippen molar-refractivity contribution in [3.8, 4) is 0 Å². The minimum Gasteiger partial charge on any atom is -0.455 e.